The minimum Gasteiger partial charge on any atom is -0.464 e. The lowest BCUT2D eigenvalue weighted by Crippen LogP contribution is -2.50. The molecule has 0 aromatic heterocycles. The van der Waals surface area contributed by atoms with Crippen LogP contribution in [0.15, 0.2) is 0 Å². The third-order valence-electron chi connectivity index (χ3n) is 2.75. The molecule has 0 aliphatic heterocycles. The van der Waals surface area contributed by atoms with Crippen LogP contribution in [-0.4, -0.2) is 30.7 Å². The van der Waals surface area contributed by atoms with E-state index in [-0.39, 0.29) is 6.61 Å². The number of carbonyl (C=O) groups excluding carboxylic acids is 2. The third kappa shape index (κ3) is 6.45. The van der Waals surface area contributed by atoms with Crippen molar-refractivity contribution in [1.29, 1.82) is 0 Å². The average Bonchev–Trinajstić information content (AvgIpc) is 2.33. The quantitative estimate of drug-likeness (QED) is 0.576. The van der Waals surface area contributed by atoms with E-state index in [0.717, 1.165) is 6.42 Å². The molecule has 0 spiro atoms. The maximum Gasteiger partial charge on any atom is 0.471 e. The van der Waals surface area contributed by atoms with E-state index in [4.69, 9.17) is 4.74 Å². The minimum atomic E-state index is -5.00. The van der Waals surface area contributed by atoms with Gasteiger partial charge in [0.1, 0.15) is 6.04 Å². The van der Waals surface area contributed by atoms with Crippen molar-refractivity contribution in [3.8, 4) is 0 Å². The number of rotatable bonds is 7. The van der Waals surface area contributed by atoms with Gasteiger partial charge in [0.25, 0.3) is 0 Å². The summed E-state index contributed by atoms with van der Waals surface area (Å²) in [5, 5.41) is 1.70. The standard InChI is InChI=1S/C12H20F3NO3/c1-4-6-7-19-10(17)9(8(3)5-2)16-11(18)12(13,14)15/h8-9H,4-7H2,1-3H3,(H,16,18)/t8?,9-/m0/s1. The zero-order valence-electron chi connectivity index (χ0n) is 11.3. The van der Waals surface area contributed by atoms with E-state index in [2.05, 4.69) is 0 Å². The first kappa shape index (κ1) is 17.7. The summed E-state index contributed by atoms with van der Waals surface area (Å²) in [6.45, 7) is 5.34. The van der Waals surface area contributed by atoms with Gasteiger partial charge in [-0.25, -0.2) is 4.79 Å². The second-order valence-corrected chi connectivity index (χ2v) is 4.36. The smallest absolute Gasteiger partial charge is 0.464 e. The molecule has 0 saturated heterocycles. The van der Waals surface area contributed by atoms with Crippen LogP contribution in [0.4, 0.5) is 13.2 Å². The molecule has 1 amide bonds. The predicted molar refractivity (Wildman–Crippen MR) is 63.3 cm³/mol. The van der Waals surface area contributed by atoms with Crippen LogP contribution in [-0.2, 0) is 14.3 Å². The van der Waals surface area contributed by atoms with Crippen molar-refractivity contribution < 1.29 is 27.5 Å². The molecule has 112 valence electrons. The molecule has 0 rings (SSSR count). The van der Waals surface area contributed by atoms with E-state index in [9.17, 15) is 22.8 Å². The van der Waals surface area contributed by atoms with Crippen molar-refractivity contribution in [3.05, 3.63) is 0 Å². The van der Waals surface area contributed by atoms with E-state index in [1.54, 1.807) is 19.2 Å². The van der Waals surface area contributed by atoms with Gasteiger partial charge in [-0.2, -0.15) is 13.2 Å². The lowest BCUT2D eigenvalue weighted by molar-refractivity contribution is -0.176. The normalized spacial score (nSPS) is 14.6. The molecule has 19 heavy (non-hydrogen) atoms. The Morgan fingerprint density at radius 2 is 1.84 bits per heavy atom. The van der Waals surface area contributed by atoms with Gasteiger partial charge in [0.2, 0.25) is 0 Å². The lowest BCUT2D eigenvalue weighted by Gasteiger charge is -2.23. The molecular formula is C12H20F3NO3. The van der Waals surface area contributed by atoms with Crippen molar-refractivity contribution in [2.45, 2.75) is 52.3 Å². The predicted octanol–water partition coefficient (Wildman–Crippen LogP) is 2.42. The van der Waals surface area contributed by atoms with E-state index in [0.29, 0.717) is 12.8 Å². The highest BCUT2D eigenvalue weighted by Crippen LogP contribution is 2.17. The van der Waals surface area contributed by atoms with Crippen LogP contribution in [0.5, 0.6) is 0 Å². The third-order valence-corrected chi connectivity index (χ3v) is 2.75. The monoisotopic (exact) mass is 283 g/mol. The molecule has 0 aliphatic carbocycles. The van der Waals surface area contributed by atoms with Gasteiger partial charge in [0, 0.05) is 0 Å². The molecule has 7 heteroatoms. The Bertz CT molecular complexity index is 305. The largest absolute Gasteiger partial charge is 0.471 e. The molecule has 1 unspecified atom stereocenters. The van der Waals surface area contributed by atoms with Gasteiger partial charge in [-0.1, -0.05) is 33.6 Å². The van der Waals surface area contributed by atoms with Crippen LogP contribution in [0.25, 0.3) is 0 Å². The van der Waals surface area contributed by atoms with E-state index >= 15 is 0 Å². The number of nitrogens with one attached hydrogen (secondary N) is 1. The number of amides is 1. The van der Waals surface area contributed by atoms with Crippen molar-refractivity contribution in [1.82, 2.24) is 5.32 Å². The number of unbranched alkanes of at least 4 members (excludes halogenated alkanes) is 1. The first-order chi connectivity index (χ1) is 8.73. The average molecular weight is 283 g/mol. The molecule has 0 heterocycles. The van der Waals surface area contributed by atoms with Crippen LogP contribution in [0.3, 0.4) is 0 Å². The van der Waals surface area contributed by atoms with Crippen LogP contribution >= 0.6 is 0 Å². The summed E-state index contributed by atoms with van der Waals surface area (Å²) < 4.78 is 41.4. The van der Waals surface area contributed by atoms with Crippen LogP contribution in [0.1, 0.15) is 40.0 Å². The summed E-state index contributed by atoms with van der Waals surface area (Å²) in [4.78, 5) is 22.6. The van der Waals surface area contributed by atoms with E-state index < -0.39 is 30.0 Å². The maximum atomic E-state index is 12.2. The number of halogens is 3. The molecule has 0 radical (unpaired) electrons. The highest BCUT2D eigenvalue weighted by molar-refractivity contribution is 5.87. The fraction of sp³-hybridized carbons (Fsp3) is 0.833. The fourth-order valence-electron chi connectivity index (χ4n) is 1.30. The van der Waals surface area contributed by atoms with Crippen molar-refractivity contribution in [2.75, 3.05) is 6.61 Å². The Kier molecular flexibility index (Phi) is 7.48. The van der Waals surface area contributed by atoms with Gasteiger partial charge in [-0.15, -0.1) is 0 Å². The molecule has 1 N–H and O–H groups in total. The van der Waals surface area contributed by atoms with Gasteiger partial charge in [-0.3, -0.25) is 4.79 Å². The summed E-state index contributed by atoms with van der Waals surface area (Å²) in [6.07, 6.45) is -3.12. The number of alkyl halides is 3. The molecule has 0 aromatic rings. The Morgan fingerprint density at radius 1 is 1.26 bits per heavy atom. The molecule has 2 atom stereocenters. The second kappa shape index (κ2) is 8.01. The van der Waals surface area contributed by atoms with E-state index in [1.165, 1.54) is 0 Å². The molecule has 4 nitrogen and oxygen atoms in total. The molecular weight excluding hydrogens is 263 g/mol. The Hall–Kier alpha value is -1.27. The van der Waals surface area contributed by atoms with Crippen molar-refractivity contribution >= 4 is 11.9 Å². The van der Waals surface area contributed by atoms with Gasteiger partial charge in [0.15, 0.2) is 0 Å². The van der Waals surface area contributed by atoms with Crippen molar-refractivity contribution in [3.63, 3.8) is 0 Å². The first-order valence-corrected chi connectivity index (χ1v) is 6.28. The highest BCUT2D eigenvalue weighted by Gasteiger charge is 2.42. The zero-order valence-corrected chi connectivity index (χ0v) is 11.3. The lowest BCUT2D eigenvalue weighted by atomic mass is 9.99. The topological polar surface area (TPSA) is 55.4 Å². The summed E-state index contributed by atoms with van der Waals surface area (Å²) >= 11 is 0. The van der Waals surface area contributed by atoms with Gasteiger partial charge >= 0.3 is 18.1 Å². The molecule has 0 bridgehead atoms. The minimum absolute atomic E-state index is 0.143. The number of ether oxygens (including phenoxy) is 1. The molecule has 0 aromatic carbocycles. The fourth-order valence-corrected chi connectivity index (χ4v) is 1.30. The summed E-state index contributed by atoms with van der Waals surface area (Å²) in [5.41, 5.74) is 0. The Labute approximate surface area is 110 Å². The van der Waals surface area contributed by atoms with E-state index in [1.807, 2.05) is 6.92 Å². The summed E-state index contributed by atoms with van der Waals surface area (Å²) in [6, 6.07) is -1.27. The molecule has 0 fully saturated rings. The van der Waals surface area contributed by atoms with Gasteiger partial charge in [0.05, 0.1) is 6.61 Å². The number of hydrogen-bond donors (Lipinski definition) is 1. The Balaban J connectivity index is 4.64. The van der Waals surface area contributed by atoms with Crippen LogP contribution in [0.2, 0.25) is 0 Å². The Morgan fingerprint density at radius 3 is 2.26 bits per heavy atom. The first-order valence-electron chi connectivity index (χ1n) is 6.28. The zero-order chi connectivity index (χ0) is 15.1. The number of carbonyl (C=O) groups is 2. The van der Waals surface area contributed by atoms with Gasteiger partial charge in [-0.05, 0) is 12.3 Å². The molecule has 0 aliphatic rings. The van der Waals surface area contributed by atoms with Crippen molar-refractivity contribution in [2.24, 2.45) is 5.92 Å². The number of hydrogen-bond acceptors (Lipinski definition) is 3. The van der Waals surface area contributed by atoms with Gasteiger partial charge < -0.3 is 10.1 Å². The maximum absolute atomic E-state index is 12.2. The summed E-state index contributed by atoms with van der Waals surface area (Å²) in [7, 11) is 0. The van der Waals surface area contributed by atoms with Crippen LogP contribution in [0, 0.1) is 5.92 Å². The SMILES string of the molecule is CCCCOC(=O)[C@@H](NC(=O)C(F)(F)F)C(C)CC. The summed E-state index contributed by atoms with van der Waals surface area (Å²) in [5.74, 6) is -3.37. The molecule has 0 saturated carbocycles. The number of esters is 1. The highest BCUT2D eigenvalue weighted by atomic mass is 19.4. The second-order valence-electron chi connectivity index (χ2n) is 4.36. The van der Waals surface area contributed by atoms with Crippen LogP contribution < -0.4 is 5.32 Å².